The van der Waals surface area contributed by atoms with Crippen LogP contribution in [0.4, 0.5) is 0 Å². The smallest absolute Gasteiger partial charge is 0.319 e. The maximum Gasteiger partial charge on any atom is 0.319 e. The summed E-state index contributed by atoms with van der Waals surface area (Å²) in [6.07, 6.45) is -0.973. The summed E-state index contributed by atoms with van der Waals surface area (Å²) >= 11 is 0. The highest BCUT2D eigenvalue weighted by molar-refractivity contribution is 6.04. The molecule has 12 heteroatoms. The molecule has 10 atom stereocenters. The fourth-order valence-corrected chi connectivity index (χ4v) is 7.79. The van der Waals surface area contributed by atoms with Crippen molar-refractivity contribution in [1.82, 2.24) is 20.0 Å². The van der Waals surface area contributed by atoms with Crippen molar-refractivity contribution >= 4 is 17.7 Å². The third kappa shape index (κ3) is 9.12. The lowest BCUT2D eigenvalue weighted by Gasteiger charge is -2.48. The first-order chi connectivity index (χ1) is 21.9. The van der Waals surface area contributed by atoms with Gasteiger partial charge < -0.3 is 39.2 Å². The van der Waals surface area contributed by atoms with Gasteiger partial charge in [-0.2, -0.15) is 0 Å². The number of hydrogen-bond donors (Lipinski definition) is 2. The number of cyclic esters (lactones) is 1. The van der Waals surface area contributed by atoms with Crippen LogP contribution in [0.1, 0.15) is 67.7 Å². The Hall–Kier alpha value is -1.67. The van der Waals surface area contributed by atoms with Crippen LogP contribution in [0.5, 0.6) is 0 Å². The lowest BCUT2D eigenvalue weighted by molar-refractivity contribution is -0.295. The van der Waals surface area contributed by atoms with Gasteiger partial charge in [0.25, 0.3) is 0 Å². The predicted octanol–water partition coefficient (Wildman–Crippen LogP) is 2.02. The number of Topliss-reactive ketones (excluding diaryl/α,β-unsaturated/α-hetero) is 1. The molecule has 0 saturated carbocycles. The molecule has 0 bridgehead atoms. The van der Waals surface area contributed by atoms with Crippen LogP contribution in [-0.2, 0) is 33.3 Å². The van der Waals surface area contributed by atoms with E-state index >= 15 is 0 Å². The lowest BCUT2D eigenvalue weighted by atomic mass is 9.74. The summed E-state index contributed by atoms with van der Waals surface area (Å²) in [5, 5.41) is 14.4. The molecule has 3 saturated heterocycles. The number of ether oxygens (including phenoxy) is 4. The maximum absolute atomic E-state index is 14.2. The number of esters is 1. The second-order valence-electron chi connectivity index (χ2n) is 15.6. The van der Waals surface area contributed by atoms with Gasteiger partial charge in [-0.05, 0) is 87.6 Å². The van der Waals surface area contributed by atoms with Crippen molar-refractivity contribution in [2.45, 2.75) is 110 Å². The van der Waals surface area contributed by atoms with Crippen molar-refractivity contribution in [3.05, 3.63) is 0 Å². The highest BCUT2D eigenvalue weighted by atomic mass is 16.7. The average Bonchev–Trinajstić information content (AvgIpc) is 2.98. The topological polar surface area (TPSA) is 130 Å². The molecule has 0 radical (unpaired) electrons. The van der Waals surface area contributed by atoms with Crippen LogP contribution in [0.3, 0.4) is 0 Å². The largest absolute Gasteiger partial charge is 0.463 e. The molecule has 3 fully saturated rings. The third-order valence-corrected chi connectivity index (χ3v) is 10.9. The van der Waals surface area contributed by atoms with Crippen molar-refractivity contribution in [2.24, 2.45) is 29.1 Å². The van der Waals surface area contributed by atoms with Crippen LogP contribution >= 0.6 is 0 Å². The summed E-state index contributed by atoms with van der Waals surface area (Å²) < 4.78 is 24.9. The Morgan fingerprint density at radius 1 is 1.15 bits per heavy atom. The van der Waals surface area contributed by atoms with E-state index in [-0.39, 0.29) is 54.2 Å². The summed E-state index contributed by atoms with van der Waals surface area (Å²) in [4.78, 5) is 47.0. The van der Waals surface area contributed by atoms with Crippen LogP contribution < -0.4 is 5.32 Å². The molecular formula is C35H64N4O8. The number of hydrogen-bond acceptors (Lipinski definition) is 11. The molecular weight excluding hydrogens is 604 g/mol. The first-order valence-electron chi connectivity index (χ1n) is 17.4. The summed E-state index contributed by atoms with van der Waals surface area (Å²) in [7, 11) is 9.36. The van der Waals surface area contributed by atoms with Gasteiger partial charge in [0.15, 0.2) is 12.1 Å². The van der Waals surface area contributed by atoms with E-state index in [2.05, 4.69) is 17.1 Å². The number of ketones is 1. The zero-order valence-electron chi connectivity index (χ0n) is 31.1. The molecule has 0 spiro atoms. The Labute approximate surface area is 283 Å². The maximum atomic E-state index is 14.2. The summed E-state index contributed by atoms with van der Waals surface area (Å²) in [5.41, 5.74) is -2.42. The Bertz CT molecular complexity index is 1070. The van der Waals surface area contributed by atoms with Crippen LogP contribution in [0.25, 0.3) is 0 Å². The lowest BCUT2D eigenvalue weighted by Crippen LogP contribution is -2.60. The molecule has 3 heterocycles. The zero-order chi connectivity index (χ0) is 35.4. The molecule has 3 aliphatic heterocycles. The second-order valence-corrected chi connectivity index (χ2v) is 15.6. The second kappa shape index (κ2) is 16.4. The SMILES string of the molecule is CNCC[C@@H](C)C(=O)N1CC(C2COC(=O)C(C)(C)C(=O)[C@H](C)[C@@H](O[C@@H]3O[C@H](C)C[C@H](N(C)C)[C@H]3O)[C@](C)(OC)C[C@@H](C)CN2C)C1. The number of methoxy groups -OCH3 is 1. The molecule has 0 aliphatic carbocycles. The minimum absolute atomic E-state index is 0.0631. The summed E-state index contributed by atoms with van der Waals surface area (Å²) in [6, 6.07) is -0.318. The van der Waals surface area contributed by atoms with E-state index in [0.717, 1.165) is 13.0 Å². The Balaban J connectivity index is 1.90. The molecule has 0 aromatic heterocycles. The van der Waals surface area contributed by atoms with E-state index in [9.17, 15) is 19.5 Å². The van der Waals surface area contributed by atoms with Gasteiger partial charge in [0.1, 0.15) is 18.1 Å². The minimum Gasteiger partial charge on any atom is -0.463 e. The number of nitrogens with one attached hydrogen (secondary N) is 1. The Morgan fingerprint density at radius 3 is 2.36 bits per heavy atom. The monoisotopic (exact) mass is 668 g/mol. The third-order valence-electron chi connectivity index (χ3n) is 10.9. The molecule has 1 unspecified atom stereocenters. The van der Waals surface area contributed by atoms with Crippen LogP contribution in [-0.4, -0.2) is 148 Å². The standard InChI is InChI=1S/C35H64N4O8/c1-21-16-35(7,44-12)30(47-32-28(40)26(37(9)10)15-23(3)46-32)24(4)29(41)34(5,6)33(43)45-20-27(38(11)17-21)25-18-39(19-25)31(42)22(2)13-14-36-8/h21-28,30,32,36,40H,13-20H2,1-12H3/t21-,22-,23-,24+,26+,27?,28-,30-,32+,35-/m1/s1. The molecule has 3 aliphatic rings. The minimum atomic E-state index is -1.46. The molecule has 3 rings (SSSR count). The number of carbonyl (C=O) groups is 3. The molecule has 47 heavy (non-hydrogen) atoms. The molecule has 2 N–H and O–H groups in total. The quantitative estimate of drug-likeness (QED) is 0.277. The van der Waals surface area contributed by atoms with Gasteiger partial charge in [-0.25, -0.2) is 0 Å². The fraction of sp³-hybridized carbons (Fsp3) is 0.914. The molecule has 0 aromatic rings. The van der Waals surface area contributed by atoms with Crippen LogP contribution in [0.2, 0.25) is 0 Å². The number of likely N-dealkylation sites (N-methyl/N-ethyl adjacent to an activating group) is 2. The molecule has 12 nitrogen and oxygen atoms in total. The number of amides is 1. The van der Waals surface area contributed by atoms with Gasteiger partial charge >= 0.3 is 5.97 Å². The van der Waals surface area contributed by atoms with E-state index in [1.54, 1.807) is 27.9 Å². The van der Waals surface area contributed by atoms with E-state index in [1.165, 1.54) is 0 Å². The average molecular weight is 669 g/mol. The summed E-state index contributed by atoms with van der Waals surface area (Å²) in [5.74, 6) is -1.40. The normalized spacial score (nSPS) is 37.4. The van der Waals surface area contributed by atoms with E-state index in [4.69, 9.17) is 18.9 Å². The highest BCUT2D eigenvalue weighted by Gasteiger charge is 2.52. The van der Waals surface area contributed by atoms with Crippen molar-refractivity contribution in [1.29, 1.82) is 0 Å². The first kappa shape index (κ1) is 39.8. The van der Waals surface area contributed by atoms with E-state index in [1.807, 2.05) is 58.8 Å². The molecule has 0 aromatic carbocycles. The van der Waals surface area contributed by atoms with Gasteiger partial charge in [0.2, 0.25) is 5.91 Å². The van der Waals surface area contributed by atoms with E-state index in [0.29, 0.717) is 32.5 Å². The zero-order valence-corrected chi connectivity index (χ0v) is 31.1. The number of carbonyl (C=O) groups excluding carboxylic acids is 3. The number of nitrogens with zero attached hydrogens (tertiary/aromatic N) is 3. The highest BCUT2D eigenvalue weighted by Crippen LogP contribution is 2.38. The van der Waals surface area contributed by atoms with Crippen LogP contribution in [0, 0.1) is 29.1 Å². The number of rotatable bonds is 9. The predicted molar refractivity (Wildman–Crippen MR) is 180 cm³/mol. The first-order valence-corrected chi connectivity index (χ1v) is 17.4. The van der Waals surface area contributed by atoms with Crippen molar-refractivity contribution in [2.75, 3.05) is 68.1 Å². The Morgan fingerprint density at radius 2 is 1.79 bits per heavy atom. The number of likely N-dealkylation sites (tertiary alicyclic amines) is 1. The van der Waals surface area contributed by atoms with Crippen molar-refractivity contribution < 1.29 is 38.4 Å². The van der Waals surface area contributed by atoms with Gasteiger partial charge in [-0.1, -0.05) is 20.8 Å². The Kier molecular flexibility index (Phi) is 13.8. The van der Waals surface area contributed by atoms with Gasteiger partial charge in [-0.3, -0.25) is 19.3 Å². The molecule has 272 valence electrons. The van der Waals surface area contributed by atoms with E-state index < -0.39 is 41.4 Å². The fourth-order valence-electron chi connectivity index (χ4n) is 7.79. The number of aliphatic hydroxyl groups is 1. The van der Waals surface area contributed by atoms with Gasteiger partial charge in [0.05, 0.1) is 17.8 Å². The van der Waals surface area contributed by atoms with Gasteiger partial charge in [0, 0.05) is 56.6 Å². The number of aliphatic hydroxyl groups excluding tert-OH is 1. The van der Waals surface area contributed by atoms with Crippen LogP contribution in [0.15, 0.2) is 0 Å². The summed E-state index contributed by atoms with van der Waals surface area (Å²) in [6.45, 7) is 15.7. The van der Waals surface area contributed by atoms with Crippen molar-refractivity contribution in [3.8, 4) is 0 Å². The van der Waals surface area contributed by atoms with Gasteiger partial charge in [-0.15, -0.1) is 0 Å². The van der Waals surface area contributed by atoms with Crippen molar-refractivity contribution in [3.63, 3.8) is 0 Å². The molecule has 1 amide bonds.